The van der Waals surface area contributed by atoms with Crippen molar-refractivity contribution in [3.8, 4) is 0 Å². The van der Waals surface area contributed by atoms with Crippen LogP contribution in [0.1, 0.15) is 19.0 Å². The van der Waals surface area contributed by atoms with Crippen LogP contribution in [-0.2, 0) is 18.2 Å². The van der Waals surface area contributed by atoms with E-state index < -0.39 is 0 Å². The van der Waals surface area contributed by atoms with Gasteiger partial charge in [-0.15, -0.1) is 16.7 Å². The molecule has 5 heteroatoms. The fourth-order valence-corrected chi connectivity index (χ4v) is 2.56. The minimum Gasteiger partial charge on any atom is -0.378 e. The van der Waals surface area contributed by atoms with Gasteiger partial charge in [-0.2, -0.15) is 0 Å². The fourth-order valence-electron chi connectivity index (χ4n) is 2.11. The lowest BCUT2D eigenvalue weighted by molar-refractivity contribution is 0.0731. The number of hydrogen-bond donors (Lipinski definition) is 0. The molecule has 2 atom stereocenters. The lowest BCUT2D eigenvalue weighted by atomic mass is 9.79. The Balaban J connectivity index is 2.14. The number of nitrogens with zero attached hydrogens (tertiary/aromatic N) is 3. The molecular weight excluding hydrogens is 214 g/mol. The summed E-state index contributed by atoms with van der Waals surface area (Å²) in [5.41, 5.74) is 1.04. The molecule has 15 heavy (non-hydrogen) atoms. The van der Waals surface area contributed by atoms with Crippen LogP contribution in [0.3, 0.4) is 0 Å². The summed E-state index contributed by atoms with van der Waals surface area (Å²) in [5.74, 6) is 0.616. The first-order valence-corrected chi connectivity index (χ1v) is 5.72. The zero-order valence-electron chi connectivity index (χ0n) is 9.11. The van der Waals surface area contributed by atoms with Crippen LogP contribution in [0, 0.1) is 5.41 Å². The van der Waals surface area contributed by atoms with E-state index >= 15 is 0 Å². The van der Waals surface area contributed by atoms with Gasteiger partial charge in [-0.25, -0.2) is 0 Å². The van der Waals surface area contributed by atoms with Crippen molar-refractivity contribution >= 4 is 11.6 Å². The molecule has 0 bridgehead atoms. The van der Waals surface area contributed by atoms with Crippen molar-refractivity contribution in [1.82, 2.24) is 15.0 Å². The van der Waals surface area contributed by atoms with E-state index in [-0.39, 0.29) is 11.5 Å². The SMILES string of the molecule is CC1OCCC1(CCl)Cc1cn(C)nn1. The molecule has 1 aromatic rings. The van der Waals surface area contributed by atoms with E-state index in [0.717, 1.165) is 25.1 Å². The van der Waals surface area contributed by atoms with Gasteiger partial charge < -0.3 is 4.74 Å². The van der Waals surface area contributed by atoms with E-state index in [4.69, 9.17) is 16.3 Å². The molecule has 0 saturated carbocycles. The van der Waals surface area contributed by atoms with Crippen molar-refractivity contribution in [2.75, 3.05) is 12.5 Å². The summed E-state index contributed by atoms with van der Waals surface area (Å²) in [6.07, 6.45) is 4.01. The minimum atomic E-state index is 0.0393. The normalized spacial score (nSPS) is 31.0. The summed E-state index contributed by atoms with van der Waals surface area (Å²) in [5, 5.41) is 8.04. The van der Waals surface area contributed by atoms with Gasteiger partial charge in [0.15, 0.2) is 0 Å². The van der Waals surface area contributed by atoms with Crippen molar-refractivity contribution in [3.63, 3.8) is 0 Å². The maximum Gasteiger partial charge on any atom is 0.0834 e. The molecule has 1 aliphatic rings. The Hall–Kier alpha value is -0.610. The molecule has 0 amide bonds. The quantitative estimate of drug-likeness (QED) is 0.736. The molecule has 1 fully saturated rings. The number of aryl methyl sites for hydroxylation is 1. The Morgan fingerprint density at radius 1 is 1.73 bits per heavy atom. The Morgan fingerprint density at radius 3 is 3.00 bits per heavy atom. The predicted molar refractivity (Wildman–Crippen MR) is 57.9 cm³/mol. The van der Waals surface area contributed by atoms with E-state index in [0.29, 0.717) is 5.88 Å². The summed E-state index contributed by atoms with van der Waals surface area (Å²) >= 11 is 6.08. The first kappa shape index (κ1) is 10.9. The molecule has 1 saturated heterocycles. The Kier molecular flexibility index (Phi) is 2.98. The number of ether oxygens (including phenoxy) is 1. The lowest BCUT2D eigenvalue weighted by Crippen LogP contribution is -2.33. The van der Waals surface area contributed by atoms with Crippen molar-refractivity contribution in [2.45, 2.75) is 25.9 Å². The predicted octanol–water partition coefficient (Wildman–Crippen LogP) is 1.39. The Bertz CT molecular complexity index is 341. The van der Waals surface area contributed by atoms with Gasteiger partial charge >= 0.3 is 0 Å². The van der Waals surface area contributed by atoms with Gasteiger partial charge in [0, 0.05) is 37.6 Å². The molecule has 4 nitrogen and oxygen atoms in total. The second-order valence-corrected chi connectivity index (χ2v) is 4.59. The molecule has 0 radical (unpaired) electrons. The molecular formula is C10H16ClN3O. The maximum absolute atomic E-state index is 6.08. The number of aromatic nitrogens is 3. The third-order valence-electron chi connectivity index (χ3n) is 3.28. The number of hydrogen-bond acceptors (Lipinski definition) is 3. The molecule has 0 aliphatic carbocycles. The number of alkyl halides is 1. The van der Waals surface area contributed by atoms with Crippen LogP contribution in [0.25, 0.3) is 0 Å². The smallest absolute Gasteiger partial charge is 0.0834 e. The summed E-state index contributed by atoms with van der Waals surface area (Å²) in [4.78, 5) is 0. The first-order valence-electron chi connectivity index (χ1n) is 5.19. The van der Waals surface area contributed by atoms with E-state index in [1.165, 1.54) is 0 Å². The van der Waals surface area contributed by atoms with Crippen molar-refractivity contribution < 1.29 is 4.74 Å². The standard InChI is InChI=1S/C10H16ClN3O/c1-8-10(7-11,3-4-15-8)5-9-6-14(2)13-12-9/h6,8H,3-5,7H2,1-2H3. The first-order chi connectivity index (χ1) is 7.16. The summed E-state index contributed by atoms with van der Waals surface area (Å²) in [7, 11) is 1.87. The molecule has 0 spiro atoms. The van der Waals surface area contributed by atoms with E-state index in [1.54, 1.807) is 4.68 Å². The van der Waals surface area contributed by atoms with Crippen LogP contribution in [-0.4, -0.2) is 33.6 Å². The van der Waals surface area contributed by atoms with Crippen LogP contribution in [0.15, 0.2) is 6.20 Å². The highest BCUT2D eigenvalue weighted by Gasteiger charge is 2.41. The Labute approximate surface area is 94.6 Å². The highest BCUT2D eigenvalue weighted by atomic mass is 35.5. The van der Waals surface area contributed by atoms with Crippen LogP contribution < -0.4 is 0 Å². The van der Waals surface area contributed by atoms with Gasteiger partial charge in [0.1, 0.15) is 0 Å². The largest absolute Gasteiger partial charge is 0.378 e. The Morgan fingerprint density at radius 2 is 2.53 bits per heavy atom. The molecule has 0 N–H and O–H groups in total. The topological polar surface area (TPSA) is 39.9 Å². The van der Waals surface area contributed by atoms with Crippen molar-refractivity contribution in [3.05, 3.63) is 11.9 Å². The lowest BCUT2D eigenvalue weighted by Gasteiger charge is -2.28. The zero-order valence-corrected chi connectivity index (χ0v) is 9.87. The molecule has 2 unspecified atom stereocenters. The van der Waals surface area contributed by atoms with Gasteiger partial charge in [-0.05, 0) is 13.3 Å². The molecule has 2 rings (SSSR count). The molecule has 2 heterocycles. The van der Waals surface area contributed by atoms with Crippen LogP contribution >= 0.6 is 11.6 Å². The van der Waals surface area contributed by atoms with Crippen molar-refractivity contribution in [1.29, 1.82) is 0 Å². The van der Waals surface area contributed by atoms with Gasteiger partial charge in [-0.3, -0.25) is 4.68 Å². The average molecular weight is 230 g/mol. The third kappa shape index (κ3) is 2.01. The van der Waals surface area contributed by atoms with Crippen LogP contribution in [0.2, 0.25) is 0 Å². The monoisotopic (exact) mass is 229 g/mol. The highest BCUT2D eigenvalue weighted by molar-refractivity contribution is 6.18. The van der Waals surface area contributed by atoms with E-state index in [1.807, 2.05) is 13.2 Å². The van der Waals surface area contributed by atoms with Gasteiger partial charge in [0.2, 0.25) is 0 Å². The minimum absolute atomic E-state index is 0.0393. The zero-order chi connectivity index (χ0) is 10.9. The van der Waals surface area contributed by atoms with Gasteiger partial charge in [-0.1, -0.05) is 5.21 Å². The second-order valence-electron chi connectivity index (χ2n) is 4.32. The average Bonchev–Trinajstić information content (AvgIpc) is 2.76. The number of rotatable bonds is 3. The van der Waals surface area contributed by atoms with Gasteiger partial charge in [0.25, 0.3) is 0 Å². The summed E-state index contributed by atoms with van der Waals surface area (Å²) < 4.78 is 7.32. The second kappa shape index (κ2) is 4.10. The van der Waals surface area contributed by atoms with Crippen LogP contribution in [0.5, 0.6) is 0 Å². The van der Waals surface area contributed by atoms with Gasteiger partial charge in [0.05, 0.1) is 11.8 Å². The molecule has 1 aliphatic heterocycles. The molecule has 1 aromatic heterocycles. The third-order valence-corrected chi connectivity index (χ3v) is 3.81. The molecule has 0 aromatic carbocycles. The molecule has 84 valence electrons. The van der Waals surface area contributed by atoms with E-state index in [2.05, 4.69) is 17.2 Å². The highest BCUT2D eigenvalue weighted by Crippen LogP contribution is 2.38. The fraction of sp³-hybridized carbons (Fsp3) is 0.800. The number of halogens is 1. The maximum atomic E-state index is 6.08. The van der Waals surface area contributed by atoms with E-state index in [9.17, 15) is 0 Å². The van der Waals surface area contributed by atoms with Crippen molar-refractivity contribution in [2.24, 2.45) is 12.5 Å². The summed E-state index contributed by atoms with van der Waals surface area (Å²) in [6.45, 7) is 2.89. The summed E-state index contributed by atoms with van der Waals surface area (Å²) in [6, 6.07) is 0. The van der Waals surface area contributed by atoms with Crippen LogP contribution in [0.4, 0.5) is 0 Å².